The van der Waals surface area contributed by atoms with Gasteiger partial charge in [-0.25, -0.2) is 0 Å². The molecule has 2 saturated heterocycles. The van der Waals surface area contributed by atoms with Crippen molar-refractivity contribution in [2.75, 3.05) is 26.2 Å². The second kappa shape index (κ2) is 7.25. The van der Waals surface area contributed by atoms with E-state index in [9.17, 15) is 9.90 Å². The van der Waals surface area contributed by atoms with Gasteiger partial charge in [0.1, 0.15) is 6.04 Å². The third-order valence-electron chi connectivity index (χ3n) is 4.63. The van der Waals surface area contributed by atoms with Gasteiger partial charge in [0, 0.05) is 6.04 Å². The van der Waals surface area contributed by atoms with Gasteiger partial charge in [-0.1, -0.05) is 13.3 Å². The Bertz CT molecular complexity index is 296. The number of piperidine rings is 1. The molecule has 2 heterocycles. The van der Waals surface area contributed by atoms with Crippen molar-refractivity contribution < 1.29 is 9.90 Å². The van der Waals surface area contributed by atoms with Gasteiger partial charge in [-0.15, -0.1) is 0 Å². The maximum absolute atomic E-state index is 11.4. The molecule has 1 N–H and O–H groups in total. The molecule has 19 heavy (non-hydrogen) atoms. The monoisotopic (exact) mass is 268 g/mol. The molecule has 0 saturated carbocycles. The molecule has 2 fully saturated rings. The van der Waals surface area contributed by atoms with E-state index in [-0.39, 0.29) is 6.04 Å². The largest absolute Gasteiger partial charge is 0.480 e. The van der Waals surface area contributed by atoms with Gasteiger partial charge in [0.25, 0.3) is 0 Å². The molecular weight excluding hydrogens is 240 g/mol. The highest BCUT2D eigenvalue weighted by Crippen LogP contribution is 2.25. The number of aliphatic carboxylic acids is 1. The summed E-state index contributed by atoms with van der Waals surface area (Å²) in [6.45, 7) is 6.73. The minimum absolute atomic E-state index is 0.225. The highest BCUT2D eigenvalue weighted by Gasteiger charge is 2.33. The van der Waals surface area contributed by atoms with Gasteiger partial charge in [-0.3, -0.25) is 9.69 Å². The van der Waals surface area contributed by atoms with Crippen LogP contribution >= 0.6 is 0 Å². The number of carboxylic acid groups (broad SMARTS) is 1. The van der Waals surface area contributed by atoms with Crippen molar-refractivity contribution >= 4 is 5.97 Å². The van der Waals surface area contributed by atoms with E-state index < -0.39 is 5.97 Å². The van der Waals surface area contributed by atoms with Gasteiger partial charge in [0.2, 0.25) is 0 Å². The van der Waals surface area contributed by atoms with Gasteiger partial charge in [0.05, 0.1) is 0 Å². The summed E-state index contributed by atoms with van der Waals surface area (Å²) in [5, 5.41) is 9.39. The molecule has 0 bridgehead atoms. The highest BCUT2D eigenvalue weighted by molar-refractivity contribution is 5.73. The van der Waals surface area contributed by atoms with Gasteiger partial charge in [0.15, 0.2) is 0 Å². The number of carbonyl (C=O) groups is 1. The van der Waals surface area contributed by atoms with Crippen molar-refractivity contribution in [2.45, 2.75) is 64.0 Å². The molecule has 2 aliphatic rings. The van der Waals surface area contributed by atoms with E-state index in [4.69, 9.17) is 0 Å². The molecule has 0 spiro atoms. The van der Waals surface area contributed by atoms with Crippen LogP contribution in [0, 0.1) is 0 Å². The molecule has 0 amide bonds. The van der Waals surface area contributed by atoms with Gasteiger partial charge < -0.3 is 10.0 Å². The van der Waals surface area contributed by atoms with E-state index >= 15 is 0 Å². The summed E-state index contributed by atoms with van der Waals surface area (Å²) in [5.41, 5.74) is 0. The highest BCUT2D eigenvalue weighted by atomic mass is 16.4. The van der Waals surface area contributed by atoms with Crippen LogP contribution in [0.3, 0.4) is 0 Å². The first-order valence-corrected chi connectivity index (χ1v) is 7.93. The van der Waals surface area contributed by atoms with E-state index in [1.54, 1.807) is 0 Å². The quantitative estimate of drug-likeness (QED) is 0.849. The lowest BCUT2D eigenvalue weighted by Crippen LogP contribution is -2.50. The van der Waals surface area contributed by atoms with E-state index in [1.807, 2.05) is 0 Å². The molecule has 2 rings (SSSR count). The van der Waals surface area contributed by atoms with Gasteiger partial charge >= 0.3 is 5.97 Å². The Hall–Kier alpha value is -0.610. The summed E-state index contributed by atoms with van der Waals surface area (Å²) in [4.78, 5) is 16.2. The van der Waals surface area contributed by atoms with Crippen LogP contribution in [-0.2, 0) is 4.79 Å². The molecule has 2 atom stereocenters. The summed E-state index contributed by atoms with van der Waals surface area (Å²) < 4.78 is 0. The Kier molecular flexibility index (Phi) is 5.64. The van der Waals surface area contributed by atoms with Crippen molar-refractivity contribution in [3.05, 3.63) is 0 Å². The fourth-order valence-electron chi connectivity index (χ4n) is 3.67. The van der Waals surface area contributed by atoms with Crippen LogP contribution < -0.4 is 0 Å². The Labute approximate surface area is 116 Å². The van der Waals surface area contributed by atoms with E-state index in [2.05, 4.69) is 16.7 Å². The Balaban J connectivity index is 1.94. The topological polar surface area (TPSA) is 43.8 Å². The first kappa shape index (κ1) is 14.8. The van der Waals surface area contributed by atoms with Crippen molar-refractivity contribution in [3.63, 3.8) is 0 Å². The summed E-state index contributed by atoms with van der Waals surface area (Å²) in [6, 6.07) is 0.264. The Morgan fingerprint density at radius 1 is 1.11 bits per heavy atom. The predicted octanol–water partition coefficient (Wildman–Crippen LogP) is 2.19. The predicted molar refractivity (Wildman–Crippen MR) is 76.4 cm³/mol. The van der Waals surface area contributed by atoms with Crippen molar-refractivity contribution in [1.82, 2.24) is 9.80 Å². The minimum Gasteiger partial charge on any atom is -0.480 e. The third-order valence-corrected chi connectivity index (χ3v) is 4.63. The molecular formula is C15H28N2O2. The van der Waals surface area contributed by atoms with E-state index in [1.165, 1.54) is 38.8 Å². The lowest BCUT2D eigenvalue weighted by molar-refractivity contribution is -0.146. The molecule has 0 radical (unpaired) electrons. The molecule has 0 aromatic rings. The second-order valence-corrected chi connectivity index (χ2v) is 6.01. The minimum atomic E-state index is -0.616. The van der Waals surface area contributed by atoms with E-state index in [0.29, 0.717) is 6.04 Å². The second-order valence-electron chi connectivity index (χ2n) is 6.01. The van der Waals surface area contributed by atoms with Crippen LogP contribution in [0.4, 0.5) is 0 Å². The maximum atomic E-state index is 11.4. The SMILES string of the molecule is CCCN1CCCC(N2CCCCC2C(=O)O)CC1. The lowest BCUT2D eigenvalue weighted by Gasteiger charge is -2.38. The van der Waals surface area contributed by atoms with Crippen molar-refractivity contribution in [2.24, 2.45) is 0 Å². The van der Waals surface area contributed by atoms with Crippen LogP contribution in [0.2, 0.25) is 0 Å². The van der Waals surface area contributed by atoms with Crippen LogP contribution in [0.25, 0.3) is 0 Å². The smallest absolute Gasteiger partial charge is 0.320 e. The maximum Gasteiger partial charge on any atom is 0.320 e. The van der Waals surface area contributed by atoms with Crippen LogP contribution in [0.1, 0.15) is 51.9 Å². The van der Waals surface area contributed by atoms with E-state index in [0.717, 1.165) is 32.4 Å². The molecule has 110 valence electrons. The Morgan fingerprint density at radius 2 is 1.95 bits per heavy atom. The van der Waals surface area contributed by atoms with Crippen LogP contribution in [0.5, 0.6) is 0 Å². The number of nitrogens with zero attached hydrogens (tertiary/aromatic N) is 2. The zero-order chi connectivity index (χ0) is 13.7. The third kappa shape index (κ3) is 3.93. The molecule has 0 aromatic carbocycles. The lowest BCUT2D eigenvalue weighted by atomic mass is 9.97. The van der Waals surface area contributed by atoms with Crippen molar-refractivity contribution in [3.8, 4) is 0 Å². The summed E-state index contributed by atoms with van der Waals surface area (Å²) in [6.07, 6.45) is 7.82. The molecule has 4 heteroatoms. The summed E-state index contributed by atoms with van der Waals surface area (Å²) >= 11 is 0. The molecule has 4 nitrogen and oxygen atoms in total. The first-order valence-electron chi connectivity index (χ1n) is 7.93. The number of rotatable bonds is 4. The molecule has 2 aliphatic heterocycles. The van der Waals surface area contributed by atoms with Crippen molar-refractivity contribution in [1.29, 1.82) is 0 Å². The normalized spacial score (nSPS) is 31.0. The summed E-state index contributed by atoms with van der Waals surface area (Å²) in [7, 11) is 0. The van der Waals surface area contributed by atoms with Gasteiger partial charge in [-0.05, 0) is 64.7 Å². The number of carboxylic acids is 1. The zero-order valence-corrected chi connectivity index (χ0v) is 12.2. The zero-order valence-electron chi connectivity index (χ0n) is 12.2. The number of likely N-dealkylation sites (tertiary alicyclic amines) is 2. The molecule has 0 aliphatic carbocycles. The fraction of sp³-hybridized carbons (Fsp3) is 0.933. The molecule has 2 unspecified atom stereocenters. The average molecular weight is 268 g/mol. The van der Waals surface area contributed by atoms with Crippen LogP contribution in [-0.4, -0.2) is 59.1 Å². The first-order chi connectivity index (χ1) is 9.22. The fourth-order valence-corrected chi connectivity index (χ4v) is 3.67. The summed E-state index contributed by atoms with van der Waals surface area (Å²) in [5.74, 6) is -0.616. The molecule has 0 aromatic heterocycles. The number of hydrogen-bond donors (Lipinski definition) is 1. The standard InChI is InChI=1S/C15H28N2O2/c1-2-9-16-10-5-6-13(8-12-16)17-11-4-3-7-14(17)15(18)19/h13-14H,2-12H2,1H3,(H,18,19). The average Bonchev–Trinajstić information content (AvgIpc) is 2.65. The Morgan fingerprint density at radius 3 is 2.68 bits per heavy atom. The van der Waals surface area contributed by atoms with Gasteiger partial charge in [-0.2, -0.15) is 0 Å². The number of hydrogen-bond acceptors (Lipinski definition) is 3. The van der Waals surface area contributed by atoms with Crippen LogP contribution in [0.15, 0.2) is 0 Å².